The Kier molecular flexibility index (Phi) is 4.20. The van der Waals surface area contributed by atoms with Crippen molar-refractivity contribution in [3.05, 3.63) is 30.3 Å². The van der Waals surface area contributed by atoms with E-state index in [0.29, 0.717) is 19.4 Å². The standard InChI is InChI=1S/C14H19NO3/c16-13(17)14(8-4-10-15-14)9-5-11-18-12-6-2-1-3-7-12/h1-3,6-7,15H,4-5,8-11H2,(H,16,17). The first-order chi connectivity index (χ1) is 8.73. The second-order valence-corrected chi connectivity index (χ2v) is 4.68. The van der Waals surface area contributed by atoms with Gasteiger partial charge in [-0.2, -0.15) is 0 Å². The minimum Gasteiger partial charge on any atom is -0.494 e. The highest BCUT2D eigenvalue weighted by molar-refractivity contribution is 5.79. The molecule has 4 nitrogen and oxygen atoms in total. The van der Waals surface area contributed by atoms with Crippen LogP contribution in [0.1, 0.15) is 25.7 Å². The SMILES string of the molecule is O=C(O)C1(CCCOc2ccccc2)CCCN1. The maximum absolute atomic E-state index is 11.3. The number of nitrogens with one attached hydrogen (secondary N) is 1. The van der Waals surface area contributed by atoms with Gasteiger partial charge >= 0.3 is 5.97 Å². The lowest BCUT2D eigenvalue weighted by atomic mass is 9.92. The molecule has 0 aliphatic carbocycles. The van der Waals surface area contributed by atoms with Crippen LogP contribution in [0.15, 0.2) is 30.3 Å². The van der Waals surface area contributed by atoms with Gasteiger partial charge in [0.05, 0.1) is 6.61 Å². The normalized spacial score (nSPS) is 22.9. The van der Waals surface area contributed by atoms with Gasteiger partial charge in [0, 0.05) is 0 Å². The van der Waals surface area contributed by atoms with Gasteiger partial charge in [-0.25, -0.2) is 0 Å². The predicted octanol–water partition coefficient (Wildman–Crippen LogP) is 2.05. The summed E-state index contributed by atoms with van der Waals surface area (Å²) in [7, 11) is 0. The van der Waals surface area contributed by atoms with E-state index in [1.807, 2.05) is 30.3 Å². The number of hydrogen-bond acceptors (Lipinski definition) is 3. The minimum atomic E-state index is -0.736. The Morgan fingerprint density at radius 1 is 1.39 bits per heavy atom. The number of carboxylic acids is 1. The molecule has 0 amide bonds. The van der Waals surface area contributed by atoms with E-state index in [9.17, 15) is 9.90 Å². The Hall–Kier alpha value is -1.55. The number of hydrogen-bond donors (Lipinski definition) is 2. The first-order valence-electron chi connectivity index (χ1n) is 6.39. The van der Waals surface area contributed by atoms with Crippen LogP contribution in [0.25, 0.3) is 0 Å². The van der Waals surface area contributed by atoms with E-state index in [1.165, 1.54) is 0 Å². The van der Waals surface area contributed by atoms with Crippen LogP contribution in [0.2, 0.25) is 0 Å². The van der Waals surface area contributed by atoms with Crippen molar-refractivity contribution in [3.63, 3.8) is 0 Å². The van der Waals surface area contributed by atoms with E-state index in [-0.39, 0.29) is 0 Å². The highest BCUT2D eigenvalue weighted by Gasteiger charge is 2.40. The molecule has 1 aliphatic rings. The minimum absolute atomic E-state index is 0.556. The van der Waals surface area contributed by atoms with Crippen LogP contribution in [0.3, 0.4) is 0 Å². The third kappa shape index (κ3) is 3.01. The van der Waals surface area contributed by atoms with Crippen molar-refractivity contribution < 1.29 is 14.6 Å². The van der Waals surface area contributed by atoms with Gasteiger partial charge in [0.25, 0.3) is 0 Å². The Balaban J connectivity index is 1.76. The van der Waals surface area contributed by atoms with Crippen molar-refractivity contribution >= 4 is 5.97 Å². The summed E-state index contributed by atoms with van der Waals surface area (Å²) in [4.78, 5) is 11.3. The molecular formula is C14H19NO3. The van der Waals surface area contributed by atoms with Crippen molar-refractivity contribution in [2.75, 3.05) is 13.2 Å². The number of carbonyl (C=O) groups is 1. The van der Waals surface area contributed by atoms with Gasteiger partial charge < -0.3 is 15.2 Å². The number of benzene rings is 1. The number of aliphatic carboxylic acids is 1. The summed E-state index contributed by atoms with van der Waals surface area (Å²) in [6, 6.07) is 9.59. The summed E-state index contributed by atoms with van der Waals surface area (Å²) in [5.41, 5.74) is -0.722. The zero-order chi connectivity index (χ0) is 12.8. The van der Waals surface area contributed by atoms with Crippen molar-refractivity contribution in [2.45, 2.75) is 31.2 Å². The molecule has 0 bridgehead atoms. The van der Waals surface area contributed by atoms with Gasteiger partial charge in [-0.3, -0.25) is 4.79 Å². The number of ether oxygens (including phenoxy) is 1. The fourth-order valence-electron chi connectivity index (χ4n) is 2.39. The first kappa shape index (κ1) is 12.9. The Bertz CT molecular complexity index is 385. The molecule has 0 aromatic heterocycles. The topological polar surface area (TPSA) is 58.6 Å². The Morgan fingerprint density at radius 2 is 2.17 bits per heavy atom. The average Bonchev–Trinajstić information content (AvgIpc) is 2.86. The first-order valence-corrected chi connectivity index (χ1v) is 6.39. The number of rotatable bonds is 6. The van der Waals surface area contributed by atoms with E-state index in [2.05, 4.69) is 5.32 Å². The summed E-state index contributed by atoms with van der Waals surface area (Å²) in [5.74, 6) is 0.0981. The van der Waals surface area contributed by atoms with Crippen molar-refractivity contribution in [3.8, 4) is 5.75 Å². The molecule has 0 saturated carbocycles. The molecular weight excluding hydrogens is 230 g/mol. The molecule has 1 unspecified atom stereocenters. The average molecular weight is 249 g/mol. The van der Waals surface area contributed by atoms with Crippen LogP contribution in [0.5, 0.6) is 5.75 Å². The largest absolute Gasteiger partial charge is 0.494 e. The number of para-hydroxylation sites is 1. The van der Waals surface area contributed by atoms with Gasteiger partial charge in [-0.1, -0.05) is 18.2 Å². The molecule has 18 heavy (non-hydrogen) atoms. The van der Waals surface area contributed by atoms with Crippen LogP contribution in [0.4, 0.5) is 0 Å². The molecule has 4 heteroatoms. The monoisotopic (exact) mass is 249 g/mol. The third-order valence-electron chi connectivity index (χ3n) is 3.41. The van der Waals surface area contributed by atoms with E-state index in [1.54, 1.807) is 0 Å². The molecule has 0 radical (unpaired) electrons. The fourth-order valence-corrected chi connectivity index (χ4v) is 2.39. The lowest BCUT2D eigenvalue weighted by molar-refractivity contribution is -0.144. The molecule has 1 heterocycles. The second-order valence-electron chi connectivity index (χ2n) is 4.68. The van der Waals surface area contributed by atoms with Gasteiger partial charge in [0.2, 0.25) is 0 Å². The molecule has 1 fully saturated rings. The molecule has 2 rings (SSSR count). The van der Waals surface area contributed by atoms with Gasteiger partial charge in [0.1, 0.15) is 11.3 Å². The lowest BCUT2D eigenvalue weighted by Crippen LogP contribution is -2.47. The zero-order valence-electron chi connectivity index (χ0n) is 10.4. The lowest BCUT2D eigenvalue weighted by Gasteiger charge is -2.24. The molecule has 0 spiro atoms. The van der Waals surface area contributed by atoms with Crippen molar-refractivity contribution in [1.29, 1.82) is 0 Å². The van der Waals surface area contributed by atoms with E-state index < -0.39 is 11.5 Å². The van der Waals surface area contributed by atoms with Crippen LogP contribution in [-0.4, -0.2) is 29.8 Å². The maximum atomic E-state index is 11.3. The molecule has 98 valence electrons. The Labute approximate surface area is 107 Å². The highest BCUT2D eigenvalue weighted by atomic mass is 16.5. The molecule has 1 aliphatic heterocycles. The quantitative estimate of drug-likeness (QED) is 0.758. The molecule has 1 aromatic rings. The fraction of sp³-hybridized carbons (Fsp3) is 0.500. The predicted molar refractivity (Wildman–Crippen MR) is 68.8 cm³/mol. The van der Waals surface area contributed by atoms with Crippen LogP contribution in [-0.2, 0) is 4.79 Å². The summed E-state index contributed by atoms with van der Waals surface area (Å²) in [5, 5.41) is 12.4. The Morgan fingerprint density at radius 3 is 2.78 bits per heavy atom. The second kappa shape index (κ2) is 5.87. The smallest absolute Gasteiger partial charge is 0.323 e. The maximum Gasteiger partial charge on any atom is 0.323 e. The summed E-state index contributed by atoms with van der Waals surface area (Å²) in [6.07, 6.45) is 3.02. The van der Waals surface area contributed by atoms with Gasteiger partial charge in [0.15, 0.2) is 0 Å². The van der Waals surface area contributed by atoms with Crippen molar-refractivity contribution in [1.82, 2.24) is 5.32 Å². The number of carboxylic acid groups (broad SMARTS) is 1. The van der Waals surface area contributed by atoms with Gasteiger partial charge in [-0.05, 0) is 44.4 Å². The van der Waals surface area contributed by atoms with Gasteiger partial charge in [-0.15, -0.1) is 0 Å². The molecule has 1 aromatic carbocycles. The summed E-state index contributed by atoms with van der Waals surface area (Å²) >= 11 is 0. The third-order valence-corrected chi connectivity index (χ3v) is 3.41. The molecule has 2 N–H and O–H groups in total. The molecule has 1 atom stereocenters. The summed E-state index contributed by atoms with van der Waals surface area (Å²) in [6.45, 7) is 1.35. The molecule has 1 saturated heterocycles. The van der Waals surface area contributed by atoms with Crippen LogP contribution < -0.4 is 10.1 Å². The highest BCUT2D eigenvalue weighted by Crippen LogP contribution is 2.25. The van der Waals surface area contributed by atoms with Crippen LogP contribution in [0, 0.1) is 0 Å². The van der Waals surface area contributed by atoms with Crippen molar-refractivity contribution in [2.24, 2.45) is 0 Å². The summed E-state index contributed by atoms with van der Waals surface area (Å²) < 4.78 is 5.57. The van der Waals surface area contributed by atoms with E-state index in [0.717, 1.165) is 25.1 Å². The van der Waals surface area contributed by atoms with Crippen LogP contribution >= 0.6 is 0 Å². The van der Waals surface area contributed by atoms with E-state index in [4.69, 9.17) is 4.74 Å². The van der Waals surface area contributed by atoms with E-state index >= 15 is 0 Å². The zero-order valence-corrected chi connectivity index (χ0v) is 10.4.